The summed E-state index contributed by atoms with van der Waals surface area (Å²) in [6.07, 6.45) is 6.24. The second-order valence-electron chi connectivity index (χ2n) is 9.09. The van der Waals surface area contributed by atoms with E-state index in [2.05, 4.69) is 23.1 Å². The predicted octanol–water partition coefficient (Wildman–Crippen LogP) is 1.50. The molecule has 2 fully saturated rings. The highest BCUT2D eigenvalue weighted by atomic mass is 32.2. The van der Waals surface area contributed by atoms with Gasteiger partial charge in [0.1, 0.15) is 5.75 Å². The van der Waals surface area contributed by atoms with Crippen LogP contribution in [0.15, 0.2) is 30.3 Å². The fourth-order valence-electron chi connectivity index (χ4n) is 4.52. The van der Waals surface area contributed by atoms with Crippen molar-refractivity contribution < 1.29 is 33.3 Å². The standard InChI is InChI=1S/C25H36N2O7S/c1-4-31-22(29)20-16-24(32-13-14-33-24)11-10-21(20)27-23(30)25(26-18-28,12-15-35(2)3)34-17-19-8-6-5-7-9-19/h5-9,18,20-21H,4,10-17H2,1-3H3,(H-,26,27,28,30)/p+1/t20-,21-,25-/m0/s1. The van der Waals surface area contributed by atoms with Gasteiger partial charge >= 0.3 is 5.97 Å². The van der Waals surface area contributed by atoms with E-state index in [9.17, 15) is 14.4 Å². The maximum absolute atomic E-state index is 13.7. The monoisotopic (exact) mass is 509 g/mol. The van der Waals surface area contributed by atoms with Gasteiger partial charge in [0.2, 0.25) is 12.1 Å². The van der Waals surface area contributed by atoms with Crippen LogP contribution in [0.2, 0.25) is 0 Å². The Morgan fingerprint density at radius 1 is 1.23 bits per heavy atom. The van der Waals surface area contributed by atoms with E-state index in [0.717, 1.165) is 5.56 Å². The van der Waals surface area contributed by atoms with Crippen LogP contribution in [0, 0.1) is 5.92 Å². The van der Waals surface area contributed by atoms with E-state index in [4.69, 9.17) is 18.9 Å². The van der Waals surface area contributed by atoms with E-state index in [-0.39, 0.29) is 24.1 Å². The van der Waals surface area contributed by atoms with Crippen LogP contribution in [0.1, 0.15) is 38.2 Å². The van der Waals surface area contributed by atoms with Crippen LogP contribution in [0.3, 0.4) is 0 Å². The number of hydrogen-bond donors (Lipinski definition) is 2. The molecule has 1 aromatic rings. The number of hydrogen-bond acceptors (Lipinski definition) is 7. The molecule has 1 aromatic carbocycles. The molecule has 1 saturated heterocycles. The maximum Gasteiger partial charge on any atom is 0.311 e. The summed E-state index contributed by atoms with van der Waals surface area (Å²) in [6, 6.07) is 8.96. The third-order valence-corrected chi connectivity index (χ3v) is 7.44. The zero-order chi connectivity index (χ0) is 25.3. The molecule has 1 saturated carbocycles. The maximum atomic E-state index is 13.7. The van der Waals surface area contributed by atoms with Crippen LogP contribution in [0.25, 0.3) is 0 Å². The molecule has 1 heterocycles. The zero-order valence-electron chi connectivity index (χ0n) is 20.7. The van der Waals surface area contributed by atoms with Crippen molar-refractivity contribution in [2.45, 2.75) is 56.8 Å². The van der Waals surface area contributed by atoms with Gasteiger partial charge in [-0.3, -0.25) is 14.4 Å². The number of carbonyl (C=O) groups is 3. The molecule has 3 rings (SSSR count). The van der Waals surface area contributed by atoms with Crippen molar-refractivity contribution in [2.24, 2.45) is 5.92 Å². The minimum atomic E-state index is -1.57. The van der Waals surface area contributed by atoms with Gasteiger partial charge < -0.3 is 29.6 Å². The van der Waals surface area contributed by atoms with Crippen molar-refractivity contribution in [3.8, 4) is 0 Å². The second-order valence-corrected chi connectivity index (χ2v) is 11.5. The van der Waals surface area contributed by atoms with E-state index in [1.165, 1.54) is 0 Å². The van der Waals surface area contributed by atoms with Gasteiger partial charge in [0, 0.05) is 25.3 Å². The Kier molecular flexibility index (Phi) is 9.97. The summed E-state index contributed by atoms with van der Waals surface area (Å²) in [6.45, 7) is 3.07. The SMILES string of the molecule is CCOC(=O)[C@H]1CC2(CC[C@@H]1NC(=O)[C@@](CC[S+](C)C)(NC=O)OCc1ccccc1)OCCO2. The van der Waals surface area contributed by atoms with Gasteiger partial charge in [-0.15, -0.1) is 0 Å². The fraction of sp³-hybridized carbons (Fsp3) is 0.640. The molecular weight excluding hydrogens is 472 g/mol. The van der Waals surface area contributed by atoms with E-state index in [1.807, 2.05) is 30.3 Å². The first kappa shape index (κ1) is 27.4. The number of benzene rings is 1. The van der Waals surface area contributed by atoms with Crippen LogP contribution in [-0.2, 0) is 50.8 Å². The van der Waals surface area contributed by atoms with Crippen LogP contribution in [0.5, 0.6) is 0 Å². The first-order valence-electron chi connectivity index (χ1n) is 12.0. The van der Waals surface area contributed by atoms with Crippen molar-refractivity contribution in [3.05, 3.63) is 35.9 Å². The predicted molar refractivity (Wildman–Crippen MR) is 132 cm³/mol. The molecule has 10 heteroatoms. The summed E-state index contributed by atoms with van der Waals surface area (Å²) in [5.41, 5.74) is -0.687. The molecule has 2 amide bonds. The van der Waals surface area contributed by atoms with E-state index in [1.54, 1.807) is 6.92 Å². The van der Waals surface area contributed by atoms with Crippen molar-refractivity contribution in [2.75, 3.05) is 38.1 Å². The number of rotatable bonds is 12. The molecule has 194 valence electrons. The molecule has 3 atom stereocenters. The number of esters is 1. The molecule has 1 aliphatic heterocycles. The molecule has 0 radical (unpaired) electrons. The van der Waals surface area contributed by atoms with Crippen LogP contribution in [-0.4, -0.2) is 73.9 Å². The van der Waals surface area contributed by atoms with Gasteiger partial charge in [0.25, 0.3) is 5.91 Å². The smallest absolute Gasteiger partial charge is 0.311 e. The lowest BCUT2D eigenvalue weighted by atomic mass is 9.80. The summed E-state index contributed by atoms with van der Waals surface area (Å²) in [5.74, 6) is -1.66. The summed E-state index contributed by atoms with van der Waals surface area (Å²) < 4.78 is 23.1. The summed E-state index contributed by atoms with van der Waals surface area (Å²) in [5, 5.41) is 5.66. The molecule has 0 bridgehead atoms. The van der Waals surface area contributed by atoms with Crippen molar-refractivity contribution in [3.63, 3.8) is 0 Å². The Morgan fingerprint density at radius 3 is 2.57 bits per heavy atom. The lowest BCUT2D eigenvalue weighted by molar-refractivity contribution is -0.200. The first-order chi connectivity index (χ1) is 16.8. The molecule has 35 heavy (non-hydrogen) atoms. The minimum Gasteiger partial charge on any atom is -0.466 e. The number of carbonyl (C=O) groups excluding carboxylic acids is 3. The third-order valence-electron chi connectivity index (χ3n) is 6.42. The molecule has 2 N–H and O–H groups in total. The van der Waals surface area contributed by atoms with Crippen LogP contribution >= 0.6 is 0 Å². The Labute approximate surface area is 209 Å². The van der Waals surface area contributed by atoms with Crippen LogP contribution < -0.4 is 10.6 Å². The fourth-order valence-corrected chi connectivity index (χ4v) is 5.22. The second kappa shape index (κ2) is 12.7. The van der Waals surface area contributed by atoms with E-state index < -0.39 is 35.3 Å². The average Bonchev–Trinajstić information content (AvgIpc) is 3.30. The Balaban J connectivity index is 1.81. The van der Waals surface area contributed by atoms with Gasteiger partial charge in [-0.1, -0.05) is 30.3 Å². The van der Waals surface area contributed by atoms with Gasteiger partial charge in [-0.05, 0) is 29.8 Å². The van der Waals surface area contributed by atoms with Crippen molar-refractivity contribution in [1.29, 1.82) is 0 Å². The first-order valence-corrected chi connectivity index (χ1v) is 14.2. The molecule has 1 spiro atoms. The number of nitrogens with one attached hydrogen (secondary N) is 2. The lowest BCUT2D eigenvalue weighted by Gasteiger charge is -2.41. The van der Waals surface area contributed by atoms with Gasteiger partial charge in [-0.25, -0.2) is 0 Å². The summed E-state index contributed by atoms with van der Waals surface area (Å²) in [4.78, 5) is 38.2. The van der Waals surface area contributed by atoms with Crippen molar-refractivity contribution in [1.82, 2.24) is 10.6 Å². The normalized spacial score (nSPS) is 23.0. The number of ether oxygens (including phenoxy) is 4. The van der Waals surface area contributed by atoms with E-state index >= 15 is 0 Å². The highest BCUT2D eigenvalue weighted by molar-refractivity contribution is 7.95. The van der Waals surface area contributed by atoms with Gasteiger partial charge in [-0.2, -0.15) is 0 Å². The topological polar surface area (TPSA) is 112 Å². The molecule has 9 nitrogen and oxygen atoms in total. The van der Waals surface area contributed by atoms with Gasteiger partial charge in [0.15, 0.2) is 5.79 Å². The average molecular weight is 510 g/mol. The Hall–Kier alpha value is -2.14. The Bertz CT molecular complexity index is 847. The largest absolute Gasteiger partial charge is 0.466 e. The Morgan fingerprint density at radius 2 is 1.94 bits per heavy atom. The van der Waals surface area contributed by atoms with Gasteiger partial charge in [0.05, 0.1) is 44.9 Å². The summed E-state index contributed by atoms with van der Waals surface area (Å²) >= 11 is 0. The molecule has 1 aliphatic carbocycles. The molecular formula is C25H37N2O7S+. The third kappa shape index (κ3) is 7.19. The zero-order valence-corrected chi connectivity index (χ0v) is 21.6. The van der Waals surface area contributed by atoms with Crippen molar-refractivity contribution >= 4 is 29.2 Å². The molecule has 0 aromatic heterocycles. The molecule has 2 aliphatic rings. The minimum absolute atomic E-state index is 0.0170. The summed E-state index contributed by atoms with van der Waals surface area (Å²) in [7, 11) is 0.0170. The number of amides is 2. The highest BCUT2D eigenvalue weighted by Crippen LogP contribution is 2.39. The highest BCUT2D eigenvalue weighted by Gasteiger charge is 2.50. The molecule has 0 unspecified atom stereocenters. The quantitative estimate of drug-likeness (QED) is 0.190. The lowest BCUT2D eigenvalue weighted by Crippen LogP contribution is -2.63. The van der Waals surface area contributed by atoms with E-state index in [0.29, 0.717) is 51.1 Å². The van der Waals surface area contributed by atoms with Crippen LogP contribution in [0.4, 0.5) is 0 Å².